The molecule has 0 unspecified atom stereocenters. The maximum Gasteiger partial charge on any atom is 0.251 e. The lowest BCUT2D eigenvalue weighted by Crippen LogP contribution is -2.37. The number of benzene rings is 2. The van der Waals surface area contributed by atoms with Gasteiger partial charge in [0.2, 0.25) is 19.9 Å². The van der Waals surface area contributed by atoms with Crippen LogP contribution in [0.1, 0.15) is 29.1 Å². The van der Waals surface area contributed by atoms with Gasteiger partial charge in [-0.25, -0.2) is 25.9 Å². The molecule has 0 saturated carbocycles. The van der Waals surface area contributed by atoms with Gasteiger partial charge in [-0.15, -0.1) is 11.3 Å². The lowest BCUT2D eigenvalue weighted by Gasteiger charge is -2.26. The Morgan fingerprint density at radius 2 is 1.70 bits per heavy atom. The van der Waals surface area contributed by atoms with E-state index >= 15 is 0 Å². The van der Waals surface area contributed by atoms with Crippen molar-refractivity contribution in [1.29, 1.82) is 0 Å². The molecule has 3 aromatic rings. The number of carbonyl (C=O) groups is 1. The molecular formula is C24H27ClFN3O5S3. The Balaban J connectivity index is 1.54. The van der Waals surface area contributed by atoms with Gasteiger partial charge in [0.05, 0.1) is 11.4 Å². The molecule has 1 amide bonds. The Morgan fingerprint density at radius 3 is 2.38 bits per heavy atom. The quantitative estimate of drug-likeness (QED) is 0.288. The molecule has 0 radical (unpaired) electrons. The average Bonchev–Trinajstić information content (AvgIpc) is 3.36. The minimum Gasteiger partial charge on any atom is -0.384 e. The maximum atomic E-state index is 12.8. The van der Waals surface area contributed by atoms with E-state index in [1.54, 1.807) is 36.4 Å². The van der Waals surface area contributed by atoms with E-state index in [1.165, 1.54) is 24.3 Å². The fourth-order valence-corrected chi connectivity index (χ4v) is 6.52. The van der Waals surface area contributed by atoms with E-state index in [4.69, 9.17) is 11.6 Å². The highest BCUT2D eigenvalue weighted by atomic mass is 35.5. The molecule has 0 aliphatic heterocycles. The summed E-state index contributed by atoms with van der Waals surface area (Å²) in [4.78, 5) is 12.8. The molecule has 37 heavy (non-hydrogen) atoms. The minimum atomic E-state index is -3.98. The van der Waals surface area contributed by atoms with E-state index < -0.39 is 31.3 Å². The first-order valence-electron chi connectivity index (χ1n) is 11.1. The van der Waals surface area contributed by atoms with Crippen molar-refractivity contribution in [1.82, 2.24) is 10.0 Å². The summed E-state index contributed by atoms with van der Waals surface area (Å²) in [7, 11) is -7.77. The van der Waals surface area contributed by atoms with Crippen LogP contribution in [0.2, 0.25) is 5.02 Å². The summed E-state index contributed by atoms with van der Waals surface area (Å²) in [5, 5.41) is 6.35. The number of alkyl halides is 1. The predicted molar refractivity (Wildman–Crippen MR) is 144 cm³/mol. The van der Waals surface area contributed by atoms with Gasteiger partial charge in [0.25, 0.3) is 5.91 Å². The molecule has 2 aromatic carbocycles. The van der Waals surface area contributed by atoms with Gasteiger partial charge in [0, 0.05) is 34.2 Å². The fourth-order valence-electron chi connectivity index (χ4n) is 3.10. The number of nitrogens with one attached hydrogen (secondary N) is 3. The van der Waals surface area contributed by atoms with Crippen LogP contribution >= 0.6 is 22.9 Å². The van der Waals surface area contributed by atoms with Crippen LogP contribution in [0.25, 0.3) is 0 Å². The van der Waals surface area contributed by atoms with E-state index in [9.17, 15) is 26.0 Å². The number of hydrogen-bond donors (Lipinski definition) is 3. The Labute approximate surface area is 225 Å². The number of amides is 1. The van der Waals surface area contributed by atoms with E-state index in [0.29, 0.717) is 27.7 Å². The monoisotopic (exact) mass is 587 g/mol. The van der Waals surface area contributed by atoms with Crippen LogP contribution in [-0.4, -0.2) is 41.8 Å². The van der Waals surface area contributed by atoms with Crippen molar-refractivity contribution in [2.24, 2.45) is 5.41 Å². The van der Waals surface area contributed by atoms with E-state index in [-0.39, 0.29) is 28.1 Å². The number of anilines is 1. The number of hydrogen-bond acceptors (Lipinski definition) is 7. The second-order valence-corrected chi connectivity index (χ2v) is 14.5. The first kappa shape index (κ1) is 29.1. The van der Waals surface area contributed by atoms with Crippen molar-refractivity contribution in [3.8, 4) is 0 Å². The van der Waals surface area contributed by atoms with Gasteiger partial charge in [0.1, 0.15) is 4.21 Å². The van der Waals surface area contributed by atoms with Crippen molar-refractivity contribution < 1.29 is 26.0 Å². The van der Waals surface area contributed by atoms with Crippen LogP contribution in [0.5, 0.6) is 0 Å². The molecule has 0 fully saturated rings. The molecule has 8 nitrogen and oxygen atoms in total. The third-order valence-electron chi connectivity index (χ3n) is 5.28. The number of rotatable bonds is 12. The average molecular weight is 588 g/mol. The molecule has 0 saturated heterocycles. The van der Waals surface area contributed by atoms with E-state index in [0.717, 1.165) is 11.3 Å². The van der Waals surface area contributed by atoms with Crippen molar-refractivity contribution in [3.63, 3.8) is 0 Å². The van der Waals surface area contributed by atoms with Gasteiger partial charge < -0.3 is 10.6 Å². The Kier molecular flexibility index (Phi) is 9.35. The summed E-state index contributed by atoms with van der Waals surface area (Å²) in [5.41, 5.74) is 0.380. The van der Waals surface area contributed by atoms with Gasteiger partial charge in [0.15, 0.2) is 6.01 Å². The summed E-state index contributed by atoms with van der Waals surface area (Å²) < 4.78 is 64.7. The van der Waals surface area contributed by atoms with Crippen LogP contribution < -0.4 is 15.4 Å². The standard InChI is InChI=1S/C24H27ClFN3O5S3/c1-24(2,14-28-19-4-3-5-21(12-19)36(31,32)16-26)15-29-37(33,34)22-11-10-20(35-22)13-27-23(30)17-6-8-18(25)9-7-17/h3-12,28-29H,13-16H2,1-2H3,(H,27,30). The molecule has 1 aromatic heterocycles. The number of halogens is 2. The van der Waals surface area contributed by atoms with Crippen molar-refractivity contribution in [3.05, 3.63) is 76.1 Å². The SMILES string of the molecule is CC(C)(CNc1cccc(S(=O)(=O)CF)c1)CNS(=O)(=O)c1ccc(CNC(=O)c2ccc(Cl)cc2)s1. The van der Waals surface area contributed by atoms with Gasteiger partial charge in [-0.05, 0) is 60.0 Å². The van der Waals surface area contributed by atoms with Gasteiger partial charge >= 0.3 is 0 Å². The number of carbonyl (C=O) groups excluding carboxylic acids is 1. The molecule has 13 heteroatoms. The normalized spacial score (nSPS) is 12.3. The molecule has 200 valence electrons. The molecule has 0 bridgehead atoms. The molecule has 3 rings (SSSR count). The van der Waals surface area contributed by atoms with Crippen molar-refractivity contribution in [2.75, 3.05) is 24.4 Å². The largest absolute Gasteiger partial charge is 0.384 e. The third kappa shape index (κ3) is 8.24. The molecule has 1 heterocycles. The summed E-state index contributed by atoms with van der Waals surface area (Å²) in [5.74, 6) is -0.297. The Bertz CT molecular complexity index is 1460. The van der Waals surface area contributed by atoms with Gasteiger partial charge in [-0.3, -0.25) is 4.79 Å². The maximum absolute atomic E-state index is 12.8. The lowest BCUT2D eigenvalue weighted by atomic mass is 9.94. The zero-order valence-corrected chi connectivity index (χ0v) is 23.3. The first-order valence-corrected chi connectivity index (χ1v) is 15.4. The van der Waals surface area contributed by atoms with Crippen LogP contribution in [0.4, 0.5) is 10.1 Å². The first-order chi connectivity index (χ1) is 17.3. The third-order valence-corrected chi connectivity index (χ3v) is 9.77. The lowest BCUT2D eigenvalue weighted by molar-refractivity contribution is 0.0951. The van der Waals surface area contributed by atoms with Crippen molar-refractivity contribution >= 4 is 54.4 Å². The molecular weight excluding hydrogens is 561 g/mol. The van der Waals surface area contributed by atoms with Crippen LogP contribution in [0.3, 0.4) is 0 Å². The van der Waals surface area contributed by atoms with Gasteiger partial charge in [-0.2, -0.15) is 0 Å². The highest BCUT2D eigenvalue weighted by Gasteiger charge is 2.24. The Hall–Kier alpha value is -2.51. The molecule has 0 aliphatic rings. The molecule has 3 N–H and O–H groups in total. The number of sulfone groups is 1. The Morgan fingerprint density at radius 1 is 1.00 bits per heavy atom. The number of sulfonamides is 1. The second-order valence-electron chi connectivity index (χ2n) is 9.00. The zero-order valence-electron chi connectivity index (χ0n) is 20.1. The van der Waals surface area contributed by atoms with Gasteiger partial charge in [-0.1, -0.05) is 31.5 Å². The summed E-state index contributed by atoms with van der Waals surface area (Å²) >= 11 is 6.89. The topological polar surface area (TPSA) is 121 Å². The highest BCUT2D eigenvalue weighted by Crippen LogP contribution is 2.24. The summed E-state index contributed by atoms with van der Waals surface area (Å²) in [6.45, 7) is 4.29. The van der Waals surface area contributed by atoms with Crippen LogP contribution in [0, 0.1) is 5.41 Å². The predicted octanol–water partition coefficient (Wildman–Crippen LogP) is 4.45. The van der Waals surface area contributed by atoms with E-state index in [1.807, 2.05) is 13.8 Å². The summed E-state index contributed by atoms with van der Waals surface area (Å²) in [6, 6.07) is 13.9. The number of thiophene rings is 1. The fraction of sp³-hybridized carbons (Fsp3) is 0.292. The second kappa shape index (κ2) is 11.9. The highest BCUT2D eigenvalue weighted by molar-refractivity contribution is 7.91. The molecule has 0 spiro atoms. The molecule has 0 atom stereocenters. The summed E-state index contributed by atoms with van der Waals surface area (Å²) in [6.07, 6.45) is 0. The molecule has 0 aliphatic carbocycles. The van der Waals surface area contributed by atoms with Crippen LogP contribution in [0.15, 0.2) is 69.8 Å². The van der Waals surface area contributed by atoms with E-state index in [2.05, 4.69) is 15.4 Å². The van der Waals surface area contributed by atoms with Crippen molar-refractivity contribution in [2.45, 2.75) is 29.5 Å². The van der Waals surface area contributed by atoms with Crippen LogP contribution in [-0.2, 0) is 26.4 Å². The zero-order chi connectivity index (χ0) is 27.3. The minimum absolute atomic E-state index is 0.103. The smallest absolute Gasteiger partial charge is 0.251 e.